The fourth-order valence-electron chi connectivity index (χ4n) is 3.67. The van der Waals surface area contributed by atoms with E-state index in [1.54, 1.807) is 0 Å². The lowest BCUT2D eigenvalue weighted by atomic mass is 9.88. The van der Waals surface area contributed by atoms with Crippen molar-refractivity contribution in [3.8, 4) is 0 Å². The van der Waals surface area contributed by atoms with Crippen LogP contribution in [0.4, 0.5) is 0 Å². The molecular weight excluding hydrogens is 272 g/mol. The number of hydrogen-bond donors (Lipinski definition) is 1. The molecule has 1 aromatic rings. The van der Waals surface area contributed by atoms with Gasteiger partial charge in [-0.25, -0.2) is 0 Å². The van der Waals surface area contributed by atoms with E-state index in [-0.39, 0.29) is 17.2 Å². The van der Waals surface area contributed by atoms with Gasteiger partial charge < -0.3 is 10.6 Å². The Morgan fingerprint density at radius 2 is 2.30 bits per heavy atom. The van der Waals surface area contributed by atoms with Gasteiger partial charge in [0.1, 0.15) is 0 Å². The molecule has 1 aromatic carbocycles. The second-order valence-corrected chi connectivity index (χ2v) is 6.32. The molecule has 1 fully saturated rings. The predicted molar refractivity (Wildman–Crippen MR) is 80.9 cm³/mol. The van der Waals surface area contributed by atoms with Crippen molar-refractivity contribution in [1.82, 2.24) is 4.90 Å². The standard InChI is InChI=1S/C16H21ClN2O/c1-2-7-19-8-6-12-13(4-3-5-14(12)17)16(15(19)20)9-11(16)10-18/h3-5,11H,2,6-10,18H2,1H3. The fraction of sp³-hybridized carbons (Fsp3) is 0.562. The maximum Gasteiger partial charge on any atom is 0.233 e. The summed E-state index contributed by atoms with van der Waals surface area (Å²) in [5.41, 5.74) is 7.75. The summed E-state index contributed by atoms with van der Waals surface area (Å²) in [6.07, 6.45) is 2.70. The summed E-state index contributed by atoms with van der Waals surface area (Å²) in [6.45, 7) is 4.27. The Labute approximate surface area is 125 Å². The van der Waals surface area contributed by atoms with Crippen LogP contribution in [-0.4, -0.2) is 30.4 Å². The van der Waals surface area contributed by atoms with E-state index < -0.39 is 0 Å². The van der Waals surface area contributed by atoms with Crippen LogP contribution in [0.1, 0.15) is 30.9 Å². The number of fused-ring (bicyclic) bond motifs is 2. The van der Waals surface area contributed by atoms with E-state index in [0.29, 0.717) is 6.54 Å². The zero-order valence-corrected chi connectivity index (χ0v) is 12.6. The molecule has 1 spiro atoms. The summed E-state index contributed by atoms with van der Waals surface area (Å²) in [4.78, 5) is 15.0. The Hall–Kier alpha value is -1.06. The zero-order valence-electron chi connectivity index (χ0n) is 11.9. The highest BCUT2D eigenvalue weighted by Crippen LogP contribution is 2.57. The maximum absolute atomic E-state index is 13.0. The quantitative estimate of drug-likeness (QED) is 0.929. The van der Waals surface area contributed by atoms with Crippen LogP contribution in [0.2, 0.25) is 5.02 Å². The topological polar surface area (TPSA) is 46.3 Å². The number of nitrogens with two attached hydrogens (primary N) is 1. The largest absolute Gasteiger partial charge is 0.342 e. The Kier molecular flexibility index (Phi) is 3.51. The summed E-state index contributed by atoms with van der Waals surface area (Å²) in [7, 11) is 0. The van der Waals surface area contributed by atoms with E-state index in [2.05, 4.69) is 13.0 Å². The molecule has 2 atom stereocenters. The molecule has 3 rings (SSSR count). The van der Waals surface area contributed by atoms with Crippen molar-refractivity contribution in [2.45, 2.75) is 31.6 Å². The number of carbonyl (C=O) groups is 1. The van der Waals surface area contributed by atoms with E-state index in [1.165, 1.54) is 0 Å². The maximum atomic E-state index is 13.0. The summed E-state index contributed by atoms with van der Waals surface area (Å²) in [5, 5.41) is 0.788. The minimum absolute atomic E-state index is 0.260. The molecule has 1 saturated carbocycles. The highest BCUT2D eigenvalue weighted by atomic mass is 35.5. The molecule has 2 N–H and O–H groups in total. The van der Waals surface area contributed by atoms with E-state index in [9.17, 15) is 4.79 Å². The third kappa shape index (κ3) is 1.87. The fourth-order valence-corrected chi connectivity index (χ4v) is 3.93. The summed E-state index contributed by atoms with van der Waals surface area (Å²) >= 11 is 6.37. The highest BCUT2D eigenvalue weighted by molar-refractivity contribution is 6.31. The molecule has 4 heteroatoms. The minimum Gasteiger partial charge on any atom is -0.342 e. The molecule has 20 heavy (non-hydrogen) atoms. The third-order valence-electron chi connectivity index (χ3n) is 4.78. The van der Waals surface area contributed by atoms with Gasteiger partial charge in [0.2, 0.25) is 5.91 Å². The van der Waals surface area contributed by atoms with Crippen LogP contribution in [0.5, 0.6) is 0 Å². The lowest BCUT2D eigenvalue weighted by molar-refractivity contribution is -0.134. The molecule has 0 bridgehead atoms. The number of nitrogens with zero attached hydrogens (tertiary/aromatic N) is 1. The van der Waals surface area contributed by atoms with Gasteiger partial charge in [-0.2, -0.15) is 0 Å². The monoisotopic (exact) mass is 292 g/mol. The van der Waals surface area contributed by atoms with Gasteiger partial charge in [0.05, 0.1) is 5.41 Å². The Bertz CT molecular complexity index is 545. The SMILES string of the molecule is CCCN1CCc2c(Cl)cccc2C2(CC2CN)C1=O. The molecule has 1 aliphatic carbocycles. The van der Waals surface area contributed by atoms with Crippen LogP contribution >= 0.6 is 11.6 Å². The van der Waals surface area contributed by atoms with Gasteiger partial charge in [0.25, 0.3) is 0 Å². The van der Waals surface area contributed by atoms with Gasteiger partial charge in [-0.05, 0) is 48.9 Å². The molecule has 108 valence electrons. The molecule has 1 amide bonds. The normalized spacial score (nSPS) is 28.4. The number of rotatable bonds is 3. The first-order valence-corrected chi connectivity index (χ1v) is 7.80. The molecule has 0 aromatic heterocycles. The van der Waals surface area contributed by atoms with Crippen LogP contribution in [0, 0.1) is 5.92 Å². The third-order valence-corrected chi connectivity index (χ3v) is 5.14. The van der Waals surface area contributed by atoms with Crippen molar-refractivity contribution < 1.29 is 4.79 Å². The van der Waals surface area contributed by atoms with Crippen molar-refractivity contribution >= 4 is 17.5 Å². The van der Waals surface area contributed by atoms with Gasteiger partial charge in [-0.1, -0.05) is 30.7 Å². The number of halogens is 1. The van der Waals surface area contributed by atoms with Crippen LogP contribution in [0.3, 0.4) is 0 Å². The molecule has 2 aliphatic rings. The number of hydrogen-bond acceptors (Lipinski definition) is 2. The first-order valence-electron chi connectivity index (χ1n) is 7.42. The molecule has 3 nitrogen and oxygen atoms in total. The van der Waals surface area contributed by atoms with Gasteiger partial charge in [0.15, 0.2) is 0 Å². The Morgan fingerprint density at radius 1 is 1.50 bits per heavy atom. The Morgan fingerprint density at radius 3 is 2.95 bits per heavy atom. The first-order chi connectivity index (χ1) is 9.65. The number of carbonyl (C=O) groups excluding carboxylic acids is 1. The smallest absolute Gasteiger partial charge is 0.233 e. The minimum atomic E-state index is -0.388. The van der Waals surface area contributed by atoms with Crippen LogP contribution in [0.15, 0.2) is 18.2 Å². The zero-order chi connectivity index (χ0) is 14.3. The second-order valence-electron chi connectivity index (χ2n) is 5.92. The van der Waals surface area contributed by atoms with Gasteiger partial charge in [-0.3, -0.25) is 4.79 Å². The van der Waals surface area contributed by atoms with Crippen molar-refractivity contribution in [3.63, 3.8) is 0 Å². The summed E-state index contributed by atoms with van der Waals surface area (Å²) in [6, 6.07) is 5.95. The van der Waals surface area contributed by atoms with Gasteiger partial charge >= 0.3 is 0 Å². The van der Waals surface area contributed by atoms with Crippen LogP contribution < -0.4 is 5.73 Å². The van der Waals surface area contributed by atoms with Gasteiger partial charge in [0, 0.05) is 18.1 Å². The average Bonchev–Trinajstić information content (AvgIpc) is 3.20. The molecule has 0 saturated heterocycles. The molecule has 1 aliphatic heterocycles. The molecule has 1 heterocycles. The van der Waals surface area contributed by atoms with E-state index in [1.807, 2.05) is 17.0 Å². The highest BCUT2D eigenvalue weighted by Gasteiger charge is 2.62. The summed E-state index contributed by atoms with van der Waals surface area (Å²) < 4.78 is 0. The molecular formula is C16H21ClN2O. The van der Waals surface area contributed by atoms with Gasteiger partial charge in [-0.15, -0.1) is 0 Å². The number of amides is 1. The second kappa shape index (κ2) is 5.05. The van der Waals surface area contributed by atoms with Crippen molar-refractivity contribution in [1.29, 1.82) is 0 Å². The lowest BCUT2D eigenvalue weighted by Gasteiger charge is -2.25. The van der Waals surface area contributed by atoms with Crippen molar-refractivity contribution in [2.75, 3.05) is 19.6 Å². The van der Waals surface area contributed by atoms with Crippen LogP contribution in [0.25, 0.3) is 0 Å². The van der Waals surface area contributed by atoms with Crippen molar-refractivity contribution in [2.24, 2.45) is 11.7 Å². The van der Waals surface area contributed by atoms with Crippen molar-refractivity contribution in [3.05, 3.63) is 34.3 Å². The van der Waals surface area contributed by atoms with Crippen LogP contribution in [-0.2, 0) is 16.6 Å². The van der Waals surface area contributed by atoms with E-state index >= 15 is 0 Å². The number of benzene rings is 1. The first kappa shape index (κ1) is 13.9. The lowest BCUT2D eigenvalue weighted by Crippen LogP contribution is -2.40. The van der Waals surface area contributed by atoms with E-state index in [0.717, 1.165) is 48.5 Å². The Balaban J connectivity index is 2.09. The summed E-state index contributed by atoms with van der Waals surface area (Å²) in [5.74, 6) is 0.528. The molecule has 2 unspecified atom stereocenters. The van der Waals surface area contributed by atoms with E-state index in [4.69, 9.17) is 17.3 Å². The average molecular weight is 293 g/mol. The predicted octanol–water partition coefficient (Wildman–Crippen LogP) is 2.35. The molecule has 0 radical (unpaired) electrons.